The zero-order valence-electron chi connectivity index (χ0n) is 9.27. The summed E-state index contributed by atoms with van der Waals surface area (Å²) in [6.45, 7) is 3.72. The largest absolute Gasteiger partial charge is 0.481 e. The lowest BCUT2D eigenvalue weighted by Gasteiger charge is -2.00. The van der Waals surface area contributed by atoms with E-state index in [1.54, 1.807) is 6.92 Å². The van der Waals surface area contributed by atoms with E-state index in [9.17, 15) is 9.59 Å². The van der Waals surface area contributed by atoms with Crippen LogP contribution in [0.2, 0.25) is 0 Å². The number of hydrogen-bond acceptors (Lipinski definition) is 3. The van der Waals surface area contributed by atoms with Crippen LogP contribution in [-0.4, -0.2) is 33.4 Å². The van der Waals surface area contributed by atoms with E-state index in [1.165, 1.54) is 0 Å². The summed E-state index contributed by atoms with van der Waals surface area (Å²) < 4.78 is 0. The van der Waals surface area contributed by atoms with E-state index < -0.39 is 18.0 Å². The van der Waals surface area contributed by atoms with E-state index >= 15 is 0 Å². The molecule has 0 radical (unpaired) electrons. The molecule has 0 saturated heterocycles. The molecule has 0 aliphatic rings. The van der Waals surface area contributed by atoms with Gasteiger partial charge < -0.3 is 15.3 Å². The van der Waals surface area contributed by atoms with E-state index in [0.717, 1.165) is 12.8 Å². The lowest BCUT2D eigenvalue weighted by molar-refractivity contribution is -0.139. The molecule has 15 heavy (non-hydrogen) atoms. The molecule has 0 aliphatic heterocycles. The Balaban J connectivity index is 0. The zero-order valence-corrected chi connectivity index (χ0v) is 9.27. The monoisotopic (exact) mass is 220 g/mol. The Morgan fingerprint density at radius 2 is 1.67 bits per heavy atom. The molecular formula is C10H20O5. The fourth-order valence-electron chi connectivity index (χ4n) is 0.674. The second-order valence-corrected chi connectivity index (χ2v) is 3.16. The van der Waals surface area contributed by atoms with Crippen molar-refractivity contribution in [3.8, 4) is 0 Å². The summed E-state index contributed by atoms with van der Waals surface area (Å²) in [5, 5.41) is 24.7. The van der Waals surface area contributed by atoms with Gasteiger partial charge in [0, 0.05) is 6.42 Å². The maximum absolute atomic E-state index is 9.81. The number of aliphatic carboxylic acids is 2. The van der Waals surface area contributed by atoms with Crippen LogP contribution in [0.3, 0.4) is 0 Å². The van der Waals surface area contributed by atoms with Crippen molar-refractivity contribution in [2.24, 2.45) is 0 Å². The van der Waals surface area contributed by atoms with Crippen LogP contribution >= 0.6 is 0 Å². The van der Waals surface area contributed by atoms with Gasteiger partial charge in [-0.3, -0.25) is 9.59 Å². The molecule has 0 aromatic rings. The van der Waals surface area contributed by atoms with Crippen molar-refractivity contribution in [3.63, 3.8) is 0 Å². The SMILES string of the molecule is CCC(O)CC(=O)O.CCCCC(=O)O. The molecule has 5 nitrogen and oxygen atoms in total. The standard InChI is InChI=1S/C5H10O3.C5H10O2/c1-2-4(6)3-5(7)8;1-2-3-4-5(6)7/h4,6H,2-3H2,1H3,(H,7,8);2-4H2,1H3,(H,6,7). The Labute approximate surface area is 89.7 Å². The first-order valence-electron chi connectivity index (χ1n) is 5.05. The van der Waals surface area contributed by atoms with E-state index in [1.807, 2.05) is 6.92 Å². The molecule has 0 fully saturated rings. The fraction of sp³-hybridized carbons (Fsp3) is 0.800. The summed E-state index contributed by atoms with van der Waals surface area (Å²) in [5.41, 5.74) is 0. The zero-order chi connectivity index (χ0) is 12.3. The highest BCUT2D eigenvalue weighted by Crippen LogP contribution is 1.94. The van der Waals surface area contributed by atoms with Gasteiger partial charge in [-0.25, -0.2) is 0 Å². The van der Waals surface area contributed by atoms with Crippen LogP contribution in [0.1, 0.15) is 46.0 Å². The van der Waals surface area contributed by atoms with Crippen LogP contribution in [0.15, 0.2) is 0 Å². The van der Waals surface area contributed by atoms with Crippen molar-refractivity contribution in [2.45, 2.75) is 52.1 Å². The summed E-state index contributed by atoms with van der Waals surface area (Å²) in [4.78, 5) is 19.6. The van der Waals surface area contributed by atoms with Gasteiger partial charge >= 0.3 is 11.9 Å². The molecular weight excluding hydrogens is 200 g/mol. The first-order valence-corrected chi connectivity index (χ1v) is 5.05. The summed E-state index contributed by atoms with van der Waals surface area (Å²) in [7, 11) is 0. The number of unbranched alkanes of at least 4 members (excludes halogenated alkanes) is 1. The quantitative estimate of drug-likeness (QED) is 0.630. The van der Waals surface area contributed by atoms with Crippen LogP contribution < -0.4 is 0 Å². The smallest absolute Gasteiger partial charge is 0.305 e. The predicted octanol–water partition coefficient (Wildman–Crippen LogP) is 1.49. The molecule has 0 heterocycles. The number of carbonyl (C=O) groups is 2. The molecule has 0 bridgehead atoms. The summed E-state index contributed by atoms with van der Waals surface area (Å²) in [6, 6.07) is 0. The fourth-order valence-corrected chi connectivity index (χ4v) is 0.674. The molecule has 3 N–H and O–H groups in total. The summed E-state index contributed by atoms with van der Waals surface area (Å²) in [5.74, 6) is -1.64. The highest BCUT2D eigenvalue weighted by molar-refractivity contribution is 5.67. The molecule has 1 unspecified atom stereocenters. The topological polar surface area (TPSA) is 94.8 Å². The minimum absolute atomic E-state index is 0.142. The molecule has 90 valence electrons. The number of carboxylic acids is 2. The Hall–Kier alpha value is -1.10. The van der Waals surface area contributed by atoms with Gasteiger partial charge in [0.1, 0.15) is 0 Å². The van der Waals surface area contributed by atoms with Crippen molar-refractivity contribution in [2.75, 3.05) is 0 Å². The van der Waals surface area contributed by atoms with Crippen molar-refractivity contribution < 1.29 is 24.9 Å². The number of hydrogen-bond donors (Lipinski definition) is 3. The van der Waals surface area contributed by atoms with Crippen LogP contribution in [-0.2, 0) is 9.59 Å². The Bertz CT molecular complexity index is 179. The van der Waals surface area contributed by atoms with Gasteiger partial charge in [0.05, 0.1) is 12.5 Å². The lowest BCUT2D eigenvalue weighted by atomic mass is 10.2. The third kappa shape index (κ3) is 19.3. The maximum Gasteiger partial charge on any atom is 0.305 e. The number of carboxylic acid groups (broad SMARTS) is 2. The van der Waals surface area contributed by atoms with Crippen LogP contribution in [0, 0.1) is 0 Å². The minimum atomic E-state index is -0.945. The Morgan fingerprint density at radius 3 is 1.80 bits per heavy atom. The first-order chi connectivity index (χ1) is 6.93. The molecule has 0 aromatic heterocycles. The number of aliphatic hydroxyl groups is 1. The Kier molecular flexibility index (Phi) is 12.0. The highest BCUT2D eigenvalue weighted by atomic mass is 16.4. The van der Waals surface area contributed by atoms with Gasteiger partial charge in [-0.1, -0.05) is 20.3 Å². The second kappa shape index (κ2) is 11.0. The van der Waals surface area contributed by atoms with Gasteiger partial charge in [0.15, 0.2) is 0 Å². The normalized spacial score (nSPS) is 11.1. The molecule has 0 aliphatic carbocycles. The number of aliphatic hydroxyl groups excluding tert-OH is 1. The summed E-state index contributed by atoms with van der Waals surface area (Å²) in [6.07, 6.45) is 1.77. The van der Waals surface area contributed by atoms with Gasteiger partial charge in [-0.05, 0) is 12.8 Å². The van der Waals surface area contributed by atoms with Crippen molar-refractivity contribution in [3.05, 3.63) is 0 Å². The minimum Gasteiger partial charge on any atom is -0.481 e. The maximum atomic E-state index is 9.81. The molecule has 0 saturated carbocycles. The van der Waals surface area contributed by atoms with E-state index in [2.05, 4.69) is 0 Å². The predicted molar refractivity (Wildman–Crippen MR) is 55.7 cm³/mol. The molecule has 0 aromatic carbocycles. The molecule has 0 spiro atoms. The van der Waals surface area contributed by atoms with Gasteiger partial charge in [0.25, 0.3) is 0 Å². The highest BCUT2D eigenvalue weighted by Gasteiger charge is 2.04. The third-order valence-electron chi connectivity index (χ3n) is 1.63. The van der Waals surface area contributed by atoms with Gasteiger partial charge in [0.2, 0.25) is 0 Å². The van der Waals surface area contributed by atoms with Crippen LogP contribution in [0.25, 0.3) is 0 Å². The number of rotatable bonds is 6. The van der Waals surface area contributed by atoms with Crippen molar-refractivity contribution in [1.82, 2.24) is 0 Å². The average Bonchev–Trinajstić information content (AvgIpc) is 2.14. The van der Waals surface area contributed by atoms with Crippen molar-refractivity contribution >= 4 is 11.9 Å². The van der Waals surface area contributed by atoms with Gasteiger partial charge in [-0.15, -0.1) is 0 Å². The molecule has 5 heteroatoms. The van der Waals surface area contributed by atoms with Crippen LogP contribution in [0.4, 0.5) is 0 Å². The van der Waals surface area contributed by atoms with E-state index in [4.69, 9.17) is 15.3 Å². The third-order valence-corrected chi connectivity index (χ3v) is 1.63. The van der Waals surface area contributed by atoms with Crippen LogP contribution in [0.5, 0.6) is 0 Å². The lowest BCUT2D eigenvalue weighted by Crippen LogP contribution is -2.10. The van der Waals surface area contributed by atoms with Gasteiger partial charge in [-0.2, -0.15) is 0 Å². The molecule has 1 atom stereocenters. The molecule has 0 amide bonds. The average molecular weight is 220 g/mol. The Morgan fingerprint density at radius 1 is 1.13 bits per heavy atom. The van der Waals surface area contributed by atoms with Crippen molar-refractivity contribution in [1.29, 1.82) is 0 Å². The van der Waals surface area contributed by atoms with E-state index in [0.29, 0.717) is 12.8 Å². The van der Waals surface area contributed by atoms with E-state index in [-0.39, 0.29) is 6.42 Å². The molecule has 0 rings (SSSR count). The summed E-state index contributed by atoms with van der Waals surface area (Å²) >= 11 is 0. The second-order valence-electron chi connectivity index (χ2n) is 3.16. The first kappa shape index (κ1) is 16.3.